The van der Waals surface area contributed by atoms with Crippen LogP contribution in [-0.4, -0.2) is 244 Å². The summed E-state index contributed by atoms with van der Waals surface area (Å²) in [5.74, 6) is 2.01. The first-order chi connectivity index (χ1) is 72.2. The summed E-state index contributed by atoms with van der Waals surface area (Å²) in [6.45, 7) is 41.2. The number of nitrogens with zero attached hydrogens (tertiary/aromatic N) is 27. The SMILES string of the molecule is CCN1CCN(c2ccc3nc(-c4cc(Cl)c5nc(C)cn5c4)cc(=O)n3c2)C[C@@H]1C.Cc1cn2cc(-c3cc(=O)n4cc(N5CCN(C(C)C)[C@@H](C)C5)ccc4n3)cc(Cl)c2n1.Cc1cn2cc(-c3cc(=O)n4cc(N5CCN(C(C)C)[C@H](C)C5)ccc4n3)cc(Cl)c2n1.Cc1nc2ccc(-c3cc(=O)n4nc(C5CCN(C)CC5)ccc4n3)cc2o1.Cc1nc2ccc(-c3cc(=O)n4nc(C5CCNCC5)ccc4n3)cc2o1. The molecule has 35 nitrogen and oxygen atoms in total. The van der Waals surface area contributed by atoms with Crippen LogP contribution in [-0.2, 0) is 0 Å². The van der Waals surface area contributed by atoms with Crippen molar-refractivity contribution in [1.82, 2.24) is 120 Å². The molecule has 18 aromatic heterocycles. The molecule has 0 saturated carbocycles. The average Bonchev–Trinajstić information content (AvgIpc) is 0.965. The van der Waals surface area contributed by atoms with Gasteiger partial charge in [0.05, 0.1) is 89.1 Å². The van der Waals surface area contributed by atoms with E-state index in [1.54, 1.807) is 31.4 Å². The third-order valence-corrected chi connectivity index (χ3v) is 30.0. The molecule has 5 saturated heterocycles. The Bertz CT molecular complexity index is 8680. The molecule has 38 heteroatoms. The zero-order valence-electron chi connectivity index (χ0n) is 86.4. The summed E-state index contributed by atoms with van der Waals surface area (Å²) < 4.78 is 24.5. The molecule has 5 aliphatic rings. The van der Waals surface area contributed by atoms with Crippen molar-refractivity contribution in [3.63, 3.8) is 0 Å². The molecule has 5 fully saturated rings. The molecule has 5 aliphatic heterocycles. The number of piperazine rings is 3. The molecule has 23 heterocycles. The summed E-state index contributed by atoms with van der Waals surface area (Å²) in [5.41, 5.74) is 22.0. The molecular formula is C112H119Cl3N28O7. The third-order valence-electron chi connectivity index (χ3n) is 29.2. The van der Waals surface area contributed by atoms with Gasteiger partial charge >= 0.3 is 0 Å². The fraction of sp³-hybridized carbons (Fsp3) is 0.348. The van der Waals surface area contributed by atoms with Crippen LogP contribution in [0.25, 0.3) is 124 Å². The lowest BCUT2D eigenvalue weighted by Gasteiger charge is -2.43. The second-order valence-electron chi connectivity index (χ2n) is 40.5. The molecule has 20 aromatic rings. The van der Waals surface area contributed by atoms with Gasteiger partial charge in [0.15, 0.2) is 51.2 Å². The van der Waals surface area contributed by atoms with Crippen LogP contribution in [0.2, 0.25) is 15.1 Å². The van der Waals surface area contributed by atoms with Crippen molar-refractivity contribution >= 4 is 119 Å². The number of imidazole rings is 3. The average molecular weight is 2080 g/mol. The first-order valence-electron chi connectivity index (χ1n) is 51.3. The molecule has 0 amide bonds. The molecule has 25 rings (SSSR count). The Balaban J connectivity index is 0.000000110. The maximum atomic E-state index is 13.0. The van der Waals surface area contributed by atoms with Gasteiger partial charge in [-0.25, -0.2) is 49.8 Å². The first-order valence-corrected chi connectivity index (χ1v) is 52.4. The monoisotopic (exact) mass is 2070 g/mol. The molecule has 0 radical (unpaired) electrons. The molecule has 3 atom stereocenters. The van der Waals surface area contributed by atoms with Gasteiger partial charge in [0, 0.05) is 229 Å². The van der Waals surface area contributed by atoms with E-state index in [0.29, 0.717) is 154 Å². The van der Waals surface area contributed by atoms with Gasteiger partial charge in [-0.2, -0.15) is 19.2 Å². The van der Waals surface area contributed by atoms with Crippen LogP contribution in [0.15, 0.2) is 234 Å². The number of rotatable bonds is 13. The van der Waals surface area contributed by atoms with E-state index < -0.39 is 0 Å². The van der Waals surface area contributed by atoms with Crippen molar-refractivity contribution < 1.29 is 8.83 Å². The summed E-state index contributed by atoms with van der Waals surface area (Å²) in [4.78, 5) is 127. The van der Waals surface area contributed by atoms with Gasteiger partial charge in [-0.15, -0.1) is 0 Å². The number of anilines is 3. The third kappa shape index (κ3) is 21.2. The van der Waals surface area contributed by atoms with Crippen LogP contribution >= 0.6 is 34.8 Å². The normalized spacial score (nSPS) is 17.0. The molecule has 0 aliphatic carbocycles. The van der Waals surface area contributed by atoms with Gasteiger partial charge < -0.3 is 47.0 Å². The van der Waals surface area contributed by atoms with E-state index in [1.807, 2.05) is 201 Å². The minimum Gasteiger partial charge on any atom is -0.441 e. The second kappa shape index (κ2) is 42.3. The second-order valence-corrected chi connectivity index (χ2v) is 41.7. The number of benzene rings is 2. The summed E-state index contributed by atoms with van der Waals surface area (Å²) in [6, 6.07) is 46.6. The van der Waals surface area contributed by atoms with Gasteiger partial charge in [0.2, 0.25) is 0 Å². The van der Waals surface area contributed by atoms with Crippen LogP contribution in [0.5, 0.6) is 0 Å². The predicted octanol–water partition coefficient (Wildman–Crippen LogP) is 17.0. The minimum atomic E-state index is -0.181. The quantitative estimate of drug-likeness (QED) is 0.112. The maximum Gasteiger partial charge on any atom is 0.275 e. The lowest BCUT2D eigenvalue weighted by atomic mass is 9.94. The Morgan fingerprint density at radius 1 is 0.360 bits per heavy atom. The maximum absolute atomic E-state index is 13.0. The number of aryl methyl sites for hydroxylation is 5. The van der Waals surface area contributed by atoms with E-state index in [1.165, 1.54) is 21.2 Å². The standard InChI is InChI=1S/2C24H27ClN6O.C23H25ClN6O.C21H21N5O2.C20H19N5O2/c2*1-15(2)30-8-7-28(12-17(30)4)19-5-6-22-27-21(10-23(32)31(22)14-19)18-9-20(25)24-26-16(3)11-29(24)13-18;1-4-27-7-8-28(12-16(27)3)18-5-6-21-26-20(10-22(31)30(21)14-18)17-9-19(24)23-25-15(2)11-29(23)13-17;1-13-22-17-4-3-15(11-19(17)28-13)18-12-21(27)26-20(23-18)6-5-16(24-26)14-7-9-25(2)10-8-14;1-12-22-16-3-2-14(10-18(16)27-12)17-11-20(26)25-19(23-17)5-4-15(24-25)13-6-8-21-9-7-13/h2*5-6,9-11,13-15,17H,7-8,12H2,1-4H3;5-6,9-11,13-14,16H,4,7-8,12H2,1-3H3;3-6,11-12,14H,7-10H2,1-2H3;2-5,10-11,13,21H,6-9H2,1H3/t2*17-;16-;;/m100../s1. The van der Waals surface area contributed by atoms with Crippen LogP contribution in [0.3, 0.4) is 0 Å². The molecule has 0 unspecified atom stereocenters. The van der Waals surface area contributed by atoms with Gasteiger partial charge in [-0.3, -0.25) is 51.9 Å². The highest BCUT2D eigenvalue weighted by Gasteiger charge is 2.31. The molecular weight excluding hydrogens is 1960 g/mol. The van der Waals surface area contributed by atoms with Gasteiger partial charge in [0.25, 0.3) is 27.8 Å². The smallest absolute Gasteiger partial charge is 0.275 e. The van der Waals surface area contributed by atoms with Crippen molar-refractivity contribution in [1.29, 1.82) is 0 Å². The highest BCUT2D eigenvalue weighted by molar-refractivity contribution is 6.34. The number of piperidine rings is 2. The van der Waals surface area contributed by atoms with Gasteiger partial charge in [-0.05, 0) is 238 Å². The Hall–Kier alpha value is -14.8. The Morgan fingerprint density at radius 2 is 0.707 bits per heavy atom. The lowest BCUT2D eigenvalue weighted by molar-refractivity contribution is 0.148. The van der Waals surface area contributed by atoms with Crippen molar-refractivity contribution in [2.75, 3.05) is 113 Å². The zero-order chi connectivity index (χ0) is 104. The number of fused-ring (bicyclic) bond motifs is 10. The first kappa shape index (κ1) is 101. The number of halogens is 3. The van der Waals surface area contributed by atoms with Gasteiger partial charge in [0.1, 0.15) is 28.0 Å². The summed E-state index contributed by atoms with van der Waals surface area (Å²) in [5, 5.41) is 14.1. The highest BCUT2D eigenvalue weighted by atomic mass is 35.5. The van der Waals surface area contributed by atoms with E-state index in [0.717, 1.165) is 202 Å². The zero-order valence-corrected chi connectivity index (χ0v) is 88.7. The van der Waals surface area contributed by atoms with E-state index >= 15 is 0 Å². The van der Waals surface area contributed by atoms with Crippen molar-refractivity contribution in [2.45, 2.75) is 158 Å². The van der Waals surface area contributed by atoms with E-state index in [2.05, 4.69) is 165 Å². The predicted molar refractivity (Wildman–Crippen MR) is 590 cm³/mol. The molecule has 2 aromatic carbocycles. The minimum absolute atomic E-state index is 0.111. The Labute approximate surface area is 878 Å². The largest absolute Gasteiger partial charge is 0.441 e. The fourth-order valence-electron chi connectivity index (χ4n) is 21.5. The fourth-order valence-corrected chi connectivity index (χ4v) is 22.2. The molecule has 0 spiro atoms. The van der Waals surface area contributed by atoms with Crippen LogP contribution in [0.4, 0.5) is 17.1 Å². The number of pyridine rings is 6. The van der Waals surface area contributed by atoms with Crippen molar-refractivity contribution in [3.05, 3.63) is 308 Å². The van der Waals surface area contributed by atoms with Gasteiger partial charge in [-0.1, -0.05) is 53.9 Å². The van der Waals surface area contributed by atoms with Crippen LogP contribution < -0.4 is 47.8 Å². The van der Waals surface area contributed by atoms with E-state index in [-0.39, 0.29) is 27.8 Å². The topological polar surface area (TPSA) is 336 Å². The number of hydrogen-bond donors (Lipinski definition) is 1. The number of likely N-dealkylation sites (tertiary alicyclic amines) is 1. The number of oxazole rings is 2. The summed E-state index contributed by atoms with van der Waals surface area (Å²) >= 11 is 19.3. The number of hydrogen-bond acceptors (Lipinski definition) is 27. The summed E-state index contributed by atoms with van der Waals surface area (Å²) in [6.07, 6.45) is 21.3. The molecule has 770 valence electrons. The highest BCUT2D eigenvalue weighted by Crippen LogP contribution is 2.36. The van der Waals surface area contributed by atoms with Crippen molar-refractivity contribution in [2.24, 2.45) is 0 Å². The summed E-state index contributed by atoms with van der Waals surface area (Å²) in [7, 11) is 2.14. The van der Waals surface area contributed by atoms with Crippen molar-refractivity contribution in [3.8, 4) is 56.3 Å². The number of likely N-dealkylation sites (N-methyl/N-ethyl adjacent to an activating group) is 1. The molecule has 0 bridgehead atoms. The number of aromatic nitrogens is 20. The van der Waals surface area contributed by atoms with Crippen LogP contribution in [0, 0.1) is 34.6 Å². The van der Waals surface area contributed by atoms with E-state index in [4.69, 9.17) is 58.6 Å². The van der Waals surface area contributed by atoms with E-state index in [9.17, 15) is 24.0 Å². The van der Waals surface area contributed by atoms with Crippen LogP contribution in [0.1, 0.15) is 133 Å². The Morgan fingerprint density at radius 3 is 1.07 bits per heavy atom. The molecule has 1 N–H and O–H groups in total. The lowest BCUT2D eigenvalue weighted by Crippen LogP contribution is -2.54. The Kier molecular flexibility index (Phi) is 28.5. The molecule has 150 heavy (non-hydrogen) atoms. The number of nitrogens with one attached hydrogen (secondary N) is 1.